The maximum atomic E-state index is 13.4. The van der Waals surface area contributed by atoms with Gasteiger partial charge in [0, 0.05) is 30.0 Å². The zero-order valence-electron chi connectivity index (χ0n) is 19.7. The third kappa shape index (κ3) is 4.66. The average molecular weight is 491 g/mol. The number of alkyl halides is 3. The minimum Gasteiger partial charge on any atom is -0.468 e. The Labute approximate surface area is 202 Å². The van der Waals surface area contributed by atoms with Crippen LogP contribution in [0, 0.1) is 0 Å². The van der Waals surface area contributed by atoms with Gasteiger partial charge in [-0.2, -0.15) is 13.2 Å². The lowest BCUT2D eigenvalue weighted by Crippen LogP contribution is -2.49. The lowest BCUT2D eigenvalue weighted by molar-refractivity contribution is -0.258. The number of pyridine rings is 1. The second-order valence-electron chi connectivity index (χ2n) is 9.64. The summed E-state index contributed by atoms with van der Waals surface area (Å²) >= 11 is 0. The van der Waals surface area contributed by atoms with Gasteiger partial charge in [-0.25, -0.2) is 0 Å². The maximum Gasteiger partial charge on any atom is 0.421 e. The van der Waals surface area contributed by atoms with Gasteiger partial charge < -0.3 is 14.7 Å². The van der Waals surface area contributed by atoms with Crippen LogP contribution in [0.5, 0.6) is 0 Å². The number of hydrogen-bond acceptors (Lipinski definition) is 5. The van der Waals surface area contributed by atoms with E-state index in [4.69, 9.17) is 4.74 Å². The van der Waals surface area contributed by atoms with Crippen molar-refractivity contribution < 1.29 is 32.6 Å². The van der Waals surface area contributed by atoms with Gasteiger partial charge in [0.1, 0.15) is 0 Å². The fraction of sp³-hybridized carbons (Fsp3) is 0.500. The van der Waals surface area contributed by atoms with Gasteiger partial charge in [0.25, 0.3) is 5.91 Å². The number of carbonyl (C=O) groups excluding carboxylic acids is 2. The molecule has 1 aromatic heterocycles. The van der Waals surface area contributed by atoms with E-state index in [0.29, 0.717) is 32.6 Å². The van der Waals surface area contributed by atoms with Crippen LogP contribution in [-0.4, -0.2) is 52.2 Å². The number of carbonyl (C=O) groups is 2. The molecule has 1 aromatic carbocycles. The topological polar surface area (TPSA) is 79.7 Å². The first-order valence-electron chi connectivity index (χ1n) is 11.7. The van der Waals surface area contributed by atoms with Crippen LogP contribution >= 0.6 is 0 Å². The quantitative estimate of drug-likeness (QED) is 0.603. The van der Waals surface area contributed by atoms with Gasteiger partial charge in [-0.1, -0.05) is 18.2 Å². The standard InChI is InChI=1S/C26H29F3N2O4/c1-24(34,26(27,28)29)18-7-5-17(6-8-18)22(32)31(20-9-10-20)21-11-13-25(14-12-21,23(33)35-2)19-4-3-15-30-16-19/h3-8,15-16,20-21,34H,9-14H2,1-2H3/t21?,24-,25?/m0/s1. The lowest BCUT2D eigenvalue weighted by Gasteiger charge is -2.42. The first kappa shape index (κ1) is 25.2. The summed E-state index contributed by atoms with van der Waals surface area (Å²) in [5, 5.41) is 9.91. The van der Waals surface area contributed by atoms with Gasteiger partial charge >= 0.3 is 12.1 Å². The number of methoxy groups -OCH3 is 1. The molecule has 0 saturated heterocycles. The van der Waals surface area contributed by atoms with Crippen LogP contribution in [0.2, 0.25) is 0 Å². The van der Waals surface area contributed by atoms with Crippen LogP contribution in [0.4, 0.5) is 13.2 Å². The van der Waals surface area contributed by atoms with E-state index in [1.807, 2.05) is 11.0 Å². The molecule has 0 radical (unpaired) electrons. The molecule has 0 aliphatic heterocycles. The fourth-order valence-electron chi connectivity index (χ4n) is 5.06. The van der Waals surface area contributed by atoms with E-state index in [2.05, 4.69) is 4.98 Å². The Hall–Kier alpha value is -2.94. The Kier molecular flexibility index (Phi) is 6.66. The van der Waals surface area contributed by atoms with Crippen LogP contribution < -0.4 is 0 Å². The summed E-state index contributed by atoms with van der Waals surface area (Å²) in [6, 6.07) is 8.61. The molecule has 35 heavy (non-hydrogen) atoms. The minimum absolute atomic E-state index is 0.0782. The van der Waals surface area contributed by atoms with Crippen LogP contribution in [0.25, 0.3) is 0 Å². The molecule has 2 saturated carbocycles. The Morgan fingerprint density at radius 2 is 1.66 bits per heavy atom. The van der Waals surface area contributed by atoms with Crippen LogP contribution in [-0.2, 0) is 20.5 Å². The molecule has 0 spiro atoms. The highest BCUT2D eigenvalue weighted by Crippen LogP contribution is 2.44. The second-order valence-corrected chi connectivity index (χ2v) is 9.64. The Balaban J connectivity index is 1.53. The van der Waals surface area contributed by atoms with Gasteiger partial charge in [-0.05, 0) is 74.8 Å². The highest BCUT2D eigenvalue weighted by Gasteiger charge is 2.51. The van der Waals surface area contributed by atoms with E-state index in [1.54, 1.807) is 18.5 Å². The Bertz CT molecular complexity index is 1060. The van der Waals surface area contributed by atoms with E-state index in [-0.39, 0.29) is 35.1 Å². The molecule has 2 aliphatic carbocycles. The molecule has 2 aromatic rings. The molecule has 1 N–H and O–H groups in total. The number of aromatic nitrogens is 1. The van der Waals surface area contributed by atoms with Gasteiger partial charge in [0.05, 0.1) is 12.5 Å². The highest BCUT2D eigenvalue weighted by atomic mass is 19.4. The van der Waals surface area contributed by atoms with Gasteiger partial charge in [-0.3, -0.25) is 14.6 Å². The van der Waals surface area contributed by atoms with E-state index in [1.165, 1.54) is 19.2 Å². The monoisotopic (exact) mass is 490 g/mol. The largest absolute Gasteiger partial charge is 0.468 e. The molecule has 1 heterocycles. The van der Waals surface area contributed by atoms with Crippen LogP contribution in [0.15, 0.2) is 48.8 Å². The molecule has 0 bridgehead atoms. The molecule has 6 nitrogen and oxygen atoms in total. The molecular weight excluding hydrogens is 461 g/mol. The predicted octanol–water partition coefficient (Wildman–Crippen LogP) is 4.51. The smallest absolute Gasteiger partial charge is 0.421 e. The lowest BCUT2D eigenvalue weighted by atomic mass is 9.68. The van der Waals surface area contributed by atoms with Crippen molar-refractivity contribution in [1.29, 1.82) is 0 Å². The molecule has 9 heteroatoms. The first-order chi connectivity index (χ1) is 16.5. The highest BCUT2D eigenvalue weighted by molar-refractivity contribution is 5.95. The Morgan fingerprint density at radius 3 is 2.14 bits per heavy atom. The molecule has 2 fully saturated rings. The van der Waals surface area contributed by atoms with Crippen molar-refractivity contribution in [2.75, 3.05) is 7.11 Å². The number of nitrogens with zero attached hydrogens (tertiary/aromatic N) is 2. The number of ether oxygens (including phenoxy) is 1. The number of rotatable bonds is 6. The normalized spacial score (nSPS) is 24.3. The molecule has 4 rings (SSSR count). The van der Waals surface area contributed by atoms with Crippen LogP contribution in [0.1, 0.15) is 66.9 Å². The van der Waals surface area contributed by atoms with Crippen molar-refractivity contribution in [3.05, 3.63) is 65.5 Å². The molecule has 2 aliphatic rings. The molecule has 188 valence electrons. The molecule has 1 amide bonds. The molecule has 0 unspecified atom stereocenters. The van der Waals surface area contributed by atoms with Crippen LogP contribution in [0.3, 0.4) is 0 Å². The summed E-state index contributed by atoms with van der Waals surface area (Å²) < 4.78 is 44.6. The van der Waals surface area contributed by atoms with E-state index < -0.39 is 17.2 Å². The molecular formula is C26H29F3N2O4. The SMILES string of the molecule is COC(=O)C1(c2cccnc2)CCC(N(C(=O)c2ccc([C@](C)(O)C(F)(F)F)cc2)C2CC2)CC1. The van der Waals surface area contributed by atoms with Crippen molar-refractivity contribution in [1.82, 2.24) is 9.88 Å². The number of aliphatic hydroxyl groups is 1. The van der Waals surface area contributed by atoms with Gasteiger partial charge in [0.15, 0.2) is 5.60 Å². The third-order valence-corrected chi connectivity index (χ3v) is 7.41. The number of hydrogen-bond donors (Lipinski definition) is 1. The third-order valence-electron chi connectivity index (χ3n) is 7.41. The average Bonchev–Trinajstić information content (AvgIpc) is 3.69. The van der Waals surface area contributed by atoms with E-state index >= 15 is 0 Å². The number of benzene rings is 1. The second kappa shape index (κ2) is 9.26. The van der Waals surface area contributed by atoms with E-state index in [0.717, 1.165) is 30.5 Å². The van der Waals surface area contributed by atoms with Crippen molar-refractivity contribution in [3.8, 4) is 0 Å². The summed E-state index contributed by atoms with van der Waals surface area (Å²) in [7, 11) is 1.37. The van der Waals surface area contributed by atoms with E-state index in [9.17, 15) is 27.9 Å². The van der Waals surface area contributed by atoms with Crippen molar-refractivity contribution >= 4 is 11.9 Å². The zero-order chi connectivity index (χ0) is 25.4. The summed E-state index contributed by atoms with van der Waals surface area (Å²) in [5.41, 5.74) is -3.07. The summed E-state index contributed by atoms with van der Waals surface area (Å²) in [6.07, 6.45) is 2.41. The predicted molar refractivity (Wildman–Crippen MR) is 121 cm³/mol. The van der Waals surface area contributed by atoms with Crippen molar-refractivity contribution in [2.24, 2.45) is 0 Å². The first-order valence-corrected chi connectivity index (χ1v) is 11.7. The molecule has 1 atom stereocenters. The summed E-state index contributed by atoms with van der Waals surface area (Å²) in [4.78, 5) is 32.3. The van der Waals surface area contributed by atoms with Crippen molar-refractivity contribution in [2.45, 2.75) is 74.7 Å². The zero-order valence-corrected chi connectivity index (χ0v) is 19.7. The Morgan fingerprint density at radius 1 is 1.06 bits per heavy atom. The van der Waals surface area contributed by atoms with Gasteiger partial charge in [0.2, 0.25) is 0 Å². The number of esters is 1. The number of amides is 1. The maximum absolute atomic E-state index is 13.4. The fourth-order valence-corrected chi connectivity index (χ4v) is 5.06. The van der Waals surface area contributed by atoms with Gasteiger partial charge in [-0.15, -0.1) is 0 Å². The minimum atomic E-state index is -4.83. The summed E-state index contributed by atoms with van der Waals surface area (Å²) in [5.74, 6) is -0.566. The number of halogens is 3. The van der Waals surface area contributed by atoms with Crippen molar-refractivity contribution in [3.63, 3.8) is 0 Å². The summed E-state index contributed by atoms with van der Waals surface area (Å²) in [6.45, 7) is 0.693.